The lowest BCUT2D eigenvalue weighted by atomic mass is 10.3. The van der Waals surface area contributed by atoms with Crippen molar-refractivity contribution in [3.05, 3.63) is 42.0 Å². The van der Waals surface area contributed by atoms with Gasteiger partial charge in [-0.15, -0.1) is 0 Å². The molecule has 0 aliphatic heterocycles. The van der Waals surface area contributed by atoms with Crippen LogP contribution in [0.1, 0.15) is 5.69 Å². The monoisotopic (exact) mass is 312 g/mol. The van der Waals surface area contributed by atoms with E-state index in [-0.39, 0.29) is 0 Å². The van der Waals surface area contributed by atoms with Crippen LogP contribution in [0.15, 0.2) is 41.3 Å². The van der Waals surface area contributed by atoms with E-state index < -0.39 is 11.9 Å². The van der Waals surface area contributed by atoms with Crippen molar-refractivity contribution in [3.63, 3.8) is 0 Å². The molecule has 0 unspecified atom stereocenters. The average Bonchev–Trinajstić information content (AvgIpc) is 2.80. The Kier molecular flexibility index (Phi) is 4.37. The predicted octanol–water partition coefficient (Wildman–Crippen LogP) is 3.62. The molecule has 0 aliphatic carbocycles. The van der Waals surface area contributed by atoms with Gasteiger partial charge in [0.15, 0.2) is 0 Å². The summed E-state index contributed by atoms with van der Waals surface area (Å²) in [5.74, 6) is 0. The van der Waals surface area contributed by atoms with Crippen LogP contribution in [-0.4, -0.2) is 22.4 Å². The molecule has 0 aliphatic rings. The Labute approximate surface area is 122 Å². The number of allylic oxidation sites excluding steroid dienone is 2. The van der Waals surface area contributed by atoms with Crippen LogP contribution in [0, 0.1) is 6.92 Å². The Balaban J connectivity index is 2.21. The van der Waals surface area contributed by atoms with E-state index in [0.29, 0.717) is 15.7 Å². The molecule has 0 atom stereocenters. The van der Waals surface area contributed by atoms with Crippen LogP contribution in [0.2, 0.25) is 0 Å². The van der Waals surface area contributed by atoms with Crippen molar-refractivity contribution in [2.24, 2.45) is 10.7 Å². The third-order valence-corrected chi connectivity index (χ3v) is 3.57. The number of hydrogen-bond acceptors (Lipinski definition) is 5. The highest BCUT2D eigenvalue weighted by atomic mass is 32.1. The van der Waals surface area contributed by atoms with Crippen LogP contribution < -0.4 is 5.73 Å². The average molecular weight is 312 g/mol. The fraction of sp³-hybridized carbons (Fsp3) is 0.154. The van der Waals surface area contributed by atoms with Gasteiger partial charge in [0.1, 0.15) is 15.7 Å². The Morgan fingerprint density at radius 3 is 2.81 bits per heavy atom. The molecule has 2 aromatic heterocycles. The second-order valence-corrected chi connectivity index (χ2v) is 5.03. The minimum Gasteiger partial charge on any atom is -0.395 e. The van der Waals surface area contributed by atoms with Crippen molar-refractivity contribution < 1.29 is 13.2 Å². The maximum atomic E-state index is 12.2. The van der Waals surface area contributed by atoms with E-state index in [1.807, 2.05) is 6.07 Å². The highest BCUT2D eigenvalue weighted by Crippen LogP contribution is 2.33. The largest absolute Gasteiger partial charge is 0.430 e. The Morgan fingerprint density at radius 1 is 1.43 bits per heavy atom. The van der Waals surface area contributed by atoms with Crippen LogP contribution in [0.4, 0.5) is 18.2 Å². The summed E-state index contributed by atoms with van der Waals surface area (Å²) < 4.78 is 36.6. The van der Waals surface area contributed by atoms with Gasteiger partial charge in [0.25, 0.3) is 0 Å². The van der Waals surface area contributed by atoms with Gasteiger partial charge in [0.2, 0.25) is 0 Å². The van der Waals surface area contributed by atoms with E-state index in [4.69, 9.17) is 5.73 Å². The summed E-state index contributed by atoms with van der Waals surface area (Å²) in [4.78, 5) is 12.3. The predicted molar refractivity (Wildman–Crippen MR) is 76.6 cm³/mol. The van der Waals surface area contributed by atoms with Crippen molar-refractivity contribution in [2.45, 2.75) is 13.1 Å². The van der Waals surface area contributed by atoms with Crippen molar-refractivity contribution in [3.8, 4) is 10.6 Å². The molecular weight excluding hydrogens is 301 g/mol. The number of aliphatic imine (C=N–C) groups is 1. The van der Waals surface area contributed by atoms with E-state index in [2.05, 4.69) is 15.0 Å². The number of halogens is 3. The van der Waals surface area contributed by atoms with Gasteiger partial charge < -0.3 is 5.73 Å². The fourth-order valence-corrected chi connectivity index (χ4v) is 2.31. The van der Waals surface area contributed by atoms with Crippen molar-refractivity contribution in [1.82, 2.24) is 9.97 Å². The number of pyridine rings is 1. The molecular formula is C13H11F3N4S. The maximum absolute atomic E-state index is 12.2. The zero-order valence-corrected chi connectivity index (χ0v) is 11.7. The number of nitrogens with zero attached hydrogens (tertiary/aromatic N) is 3. The topological polar surface area (TPSA) is 64.2 Å². The number of nitrogens with two attached hydrogens (primary N) is 1. The van der Waals surface area contributed by atoms with E-state index in [1.54, 1.807) is 25.4 Å². The molecule has 0 bridgehead atoms. The van der Waals surface area contributed by atoms with Crippen LogP contribution in [-0.2, 0) is 0 Å². The van der Waals surface area contributed by atoms with E-state index >= 15 is 0 Å². The SMILES string of the molecule is Cc1nc(-c2cccnc2)sc1N=CC=C(N)C(F)(F)F. The second-order valence-electron chi connectivity index (χ2n) is 4.05. The van der Waals surface area contributed by atoms with Gasteiger partial charge in [-0.1, -0.05) is 11.3 Å². The van der Waals surface area contributed by atoms with Gasteiger partial charge in [-0.25, -0.2) is 9.98 Å². The van der Waals surface area contributed by atoms with Crippen LogP contribution >= 0.6 is 11.3 Å². The first kappa shape index (κ1) is 15.2. The van der Waals surface area contributed by atoms with Crippen LogP contribution in [0.5, 0.6) is 0 Å². The maximum Gasteiger partial charge on any atom is 0.430 e. The first-order chi connectivity index (χ1) is 9.88. The third-order valence-electron chi connectivity index (χ3n) is 2.45. The molecule has 4 nitrogen and oxygen atoms in total. The minimum absolute atomic E-state index is 0.528. The summed E-state index contributed by atoms with van der Waals surface area (Å²) >= 11 is 1.27. The van der Waals surface area contributed by atoms with Crippen molar-refractivity contribution >= 4 is 22.6 Å². The molecule has 0 spiro atoms. The van der Waals surface area contributed by atoms with Gasteiger partial charge in [0, 0.05) is 24.2 Å². The van der Waals surface area contributed by atoms with E-state index in [0.717, 1.165) is 17.9 Å². The quantitative estimate of drug-likeness (QED) is 0.880. The summed E-state index contributed by atoms with van der Waals surface area (Å²) in [7, 11) is 0. The summed E-state index contributed by atoms with van der Waals surface area (Å²) in [6, 6.07) is 3.63. The Morgan fingerprint density at radius 2 is 2.19 bits per heavy atom. The van der Waals surface area contributed by atoms with Gasteiger partial charge in [-0.3, -0.25) is 4.98 Å². The first-order valence-electron chi connectivity index (χ1n) is 5.83. The fourth-order valence-electron chi connectivity index (χ4n) is 1.40. The molecule has 0 amide bonds. The number of rotatable bonds is 3. The summed E-state index contributed by atoms with van der Waals surface area (Å²) in [5.41, 5.74) is 5.14. The zero-order chi connectivity index (χ0) is 15.5. The molecule has 2 rings (SSSR count). The lowest BCUT2D eigenvalue weighted by Gasteiger charge is -2.03. The smallest absolute Gasteiger partial charge is 0.395 e. The number of thiazole rings is 1. The molecule has 21 heavy (non-hydrogen) atoms. The summed E-state index contributed by atoms with van der Waals surface area (Å²) in [5, 5.41) is 1.24. The Bertz CT molecular complexity index is 674. The zero-order valence-electron chi connectivity index (χ0n) is 10.9. The van der Waals surface area contributed by atoms with Crippen molar-refractivity contribution in [2.75, 3.05) is 0 Å². The van der Waals surface area contributed by atoms with Crippen LogP contribution in [0.3, 0.4) is 0 Å². The standard InChI is InChI=1S/C13H11F3N4S/c1-8-11(19-6-4-10(17)13(14,15)16)21-12(20-8)9-3-2-5-18-7-9/h2-7H,17H2,1H3. The minimum atomic E-state index is -4.55. The van der Waals surface area contributed by atoms with Gasteiger partial charge in [-0.05, 0) is 25.1 Å². The van der Waals surface area contributed by atoms with Crippen LogP contribution in [0.25, 0.3) is 10.6 Å². The molecule has 8 heteroatoms. The normalized spacial score (nSPS) is 13.0. The summed E-state index contributed by atoms with van der Waals surface area (Å²) in [6.45, 7) is 1.74. The molecule has 110 valence electrons. The highest BCUT2D eigenvalue weighted by Gasteiger charge is 2.30. The first-order valence-corrected chi connectivity index (χ1v) is 6.64. The van der Waals surface area contributed by atoms with Gasteiger partial charge in [-0.2, -0.15) is 13.2 Å². The third kappa shape index (κ3) is 3.88. The molecule has 0 saturated carbocycles. The Hall–Kier alpha value is -2.22. The van der Waals surface area contributed by atoms with E-state index in [1.165, 1.54) is 11.3 Å². The molecule has 2 heterocycles. The summed E-state index contributed by atoms with van der Waals surface area (Å²) in [6.07, 6.45) is 0.510. The molecule has 0 radical (unpaired) electrons. The van der Waals surface area contributed by atoms with Gasteiger partial charge >= 0.3 is 6.18 Å². The number of alkyl halides is 3. The van der Waals surface area contributed by atoms with Crippen molar-refractivity contribution in [1.29, 1.82) is 0 Å². The number of aryl methyl sites for hydroxylation is 1. The van der Waals surface area contributed by atoms with Gasteiger partial charge in [0.05, 0.1) is 5.69 Å². The number of aromatic nitrogens is 2. The molecule has 0 saturated heterocycles. The van der Waals surface area contributed by atoms with E-state index in [9.17, 15) is 13.2 Å². The molecule has 2 aromatic rings. The molecule has 0 aromatic carbocycles. The lowest BCUT2D eigenvalue weighted by Crippen LogP contribution is -2.19. The number of hydrogen-bond donors (Lipinski definition) is 1. The lowest BCUT2D eigenvalue weighted by molar-refractivity contribution is -0.0925. The second kappa shape index (κ2) is 6.04. The molecule has 2 N–H and O–H groups in total. The molecule has 0 fully saturated rings. The highest BCUT2D eigenvalue weighted by molar-refractivity contribution is 7.18.